The molecule has 0 radical (unpaired) electrons. The van der Waals surface area contributed by atoms with Gasteiger partial charge in [-0.05, 0) is 36.6 Å². The van der Waals surface area contributed by atoms with E-state index in [2.05, 4.69) is 29.1 Å². The van der Waals surface area contributed by atoms with Gasteiger partial charge in [-0.15, -0.1) is 11.3 Å². The maximum absolute atomic E-state index is 12.7. The number of para-hydroxylation sites is 1. The molecule has 0 aliphatic carbocycles. The van der Waals surface area contributed by atoms with Crippen molar-refractivity contribution in [2.24, 2.45) is 0 Å². The lowest BCUT2D eigenvalue weighted by molar-refractivity contribution is 0.102. The van der Waals surface area contributed by atoms with Gasteiger partial charge < -0.3 is 5.32 Å². The van der Waals surface area contributed by atoms with Gasteiger partial charge in [0.15, 0.2) is 0 Å². The number of thiazole rings is 1. The van der Waals surface area contributed by atoms with Gasteiger partial charge in [-0.3, -0.25) is 9.78 Å². The Morgan fingerprint density at radius 3 is 2.58 bits per heavy atom. The van der Waals surface area contributed by atoms with Gasteiger partial charge in [0.1, 0.15) is 9.88 Å². The summed E-state index contributed by atoms with van der Waals surface area (Å²) < 4.78 is 0. The first-order valence-electron chi connectivity index (χ1n) is 7.85. The molecule has 0 fully saturated rings. The summed E-state index contributed by atoms with van der Waals surface area (Å²) in [6.07, 6.45) is 1.73. The molecule has 122 valence electrons. The Bertz CT molecular complexity index is 856. The fourth-order valence-corrected chi connectivity index (χ4v) is 3.44. The van der Waals surface area contributed by atoms with Crippen molar-refractivity contribution in [3.8, 4) is 10.7 Å². The van der Waals surface area contributed by atoms with Crippen LogP contribution in [0.15, 0.2) is 48.7 Å². The lowest BCUT2D eigenvalue weighted by atomic mass is 10.0. The fraction of sp³-hybridized carbons (Fsp3) is 0.211. The fourth-order valence-electron chi connectivity index (χ4n) is 2.50. The summed E-state index contributed by atoms with van der Waals surface area (Å²) in [5, 5.41) is 3.78. The highest BCUT2D eigenvalue weighted by molar-refractivity contribution is 7.17. The number of nitrogens with one attached hydrogen (secondary N) is 1. The number of amides is 1. The number of anilines is 1. The number of hydrogen-bond acceptors (Lipinski definition) is 4. The van der Waals surface area contributed by atoms with Crippen LogP contribution in [0.5, 0.6) is 0 Å². The van der Waals surface area contributed by atoms with E-state index in [9.17, 15) is 4.79 Å². The summed E-state index contributed by atoms with van der Waals surface area (Å²) in [4.78, 5) is 22.1. The molecule has 3 rings (SSSR count). The monoisotopic (exact) mass is 337 g/mol. The van der Waals surface area contributed by atoms with Crippen molar-refractivity contribution in [2.75, 3.05) is 5.32 Å². The van der Waals surface area contributed by atoms with E-state index >= 15 is 0 Å². The summed E-state index contributed by atoms with van der Waals surface area (Å²) in [7, 11) is 0. The van der Waals surface area contributed by atoms with Crippen molar-refractivity contribution < 1.29 is 4.79 Å². The number of pyridine rings is 1. The van der Waals surface area contributed by atoms with Gasteiger partial charge in [0, 0.05) is 11.9 Å². The van der Waals surface area contributed by atoms with Crippen LogP contribution in [0.1, 0.15) is 40.7 Å². The number of hydrogen-bond donors (Lipinski definition) is 1. The van der Waals surface area contributed by atoms with Gasteiger partial charge >= 0.3 is 0 Å². The molecule has 2 aromatic heterocycles. The minimum atomic E-state index is -0.125. The molecule has 1 aromatic carbocycles. The third kappa shape index (κ3) is 3.36. The number of benzene rings is 1. The highest BCUT2D eigenvalue weighted by Gasteiger charge is 2.18. The number of rotatable bonds is 4. The van der Waals surface area contributed by atoms with Crippen LogP contribution in [0.2, 0.25) is 0 Å². The van der Waals surface area contributed by atoms with E-state index in [4.69, 9.17) is 0 Å². The Hall–Kier alpha value is -2.53. The summed E-state index contributed by atoms with van der Waals surface area (Å²) in [5.41, 5.74) is 3.48. The normalized spacial score (nSPS) is 10.8. The molecule has 0 aliphatic heterocycles. The van der Waals surface area contributed by atoms with Crippen molar-refractivity contribution in [3.63, 3.8) is 0 Å². The van der Waals surface area contributed by atoms with Gasteiger partial charge in [0.25, 0.3) is 5.91 Å². The average Bonchev–Trinajstić information content (AvgIpc) is 2.98. The SMILES string of the molecule is Cc1nc(-c2ccccn2)sc1C(=O)Nc1ccccc1C(C)C. The zero-order chi connectivity index (χ0) is 17.1. The predicted molar refractivity (Wildman–Crippen MR) is 98.6 cm³/mol. The van der Waals surface area contributed by atoms with Gasteiger partial charge in [-0.25, -0.2) is 4.98 Å². The third-order valence-electron chi connectivity index (χ3n) is 3.72. The number of aromatic nitrogens is 2. The first-order chi connectivity index (χ1) is 11.6. The molecule has 1 N–H and O–H groups in total. The van der Waals surface area contributed by atoms with Crippen molar-refractivity contribution in [1.29, 1.82) is 0 Å². The topological polar surface area (TPSA) is 54.9 Å². The standard InChI is InChI=1S/C19H19N3OS/c1-12(2)14-8-4-5-9-15(14)22-18(23)17-13(3)21-19(24-17)16-10-6-7-11-20-16/h4-12H,1-3H3,(H,22,23). The van der Waals surface area contributed by atoms with Crippen molar-refractivity contribution in [1.82, 2.24) is 9.97 Å². The Morgan fingerprint density at radius 2 is 1.88 bits per heavy atom. The van der Waals surface area contributed by atoms with Crippen LogP contribution in [0.25, 0.3) is 10.7 Å². The average molecular weight is 337 g/mol. The highest BCUT2D eigenvalue weighted by Crippen LogP contribution is 2.29. The van der Waals surface area contributed by atoms with E-state index in [0.717, 1.165) is 27.6 Å². The second-order valence-electron chi connectivity index (χ2n) is 5.84. The Balaban J connectivity index is 1.88. The van der Waals surface area contributed by atoms with Gasteiger partial charge in [0.2, 0.25) is 0 Å². The number of carbonyl (C=O) groups excluding carboxylic acids is 1. The minimum Gasteiger partial charge on any atom is -0.321 e. The quantitative estimate of drug-likeness (QED) is 0.737. The highest BCUT2D eigenvalue weighted by atomic mass is 32.1. The second-order valence-corrected chi connectivity index (χ2v) is 6.84. The molecule has 0 saturated carbocycles. The van der Waals surface area contributed by atoms with Crippen LogP contribution in [0.3, 0.4) is 0 Å². The summed E-state index contributed by atoms with van der Waals surface area (Å²) >= 11 is 1.37. The zero-order valence-electron chi connectivity index (χ0n) is 13.9. The first-order valence-corrected chi connectivity index (χ1v) is 8.67. The van der Waals surface area contributed by atoms with Crippen LogP contribution in [0, 0.1) is 6.92 Å². The van der Waals surface area contributed by atoms with E-state index < -0.39 is 0 Å². The second kappa shape index (κ2) is 6.93. The summed E-state index contributed by atoms with van der Waals surface area (Å²) in [6.45, 7) is 6.08. The summed E-state index contributed by atoms with van der Waals surface area (Å²) in [5.74, 6) is 0.216. The lowest BCUT2D eigenvalue weighted by Crippen LogP contribution is -2.13. The molecule has 2 heterocycles. The molecule has 3 aromatic rings. The number of nitrogens with zero attached hydrogens (tertiary/aromatic N) is 2. The van der Waals surface area contributed by atoms with Crippen molar-refractivity contribution >= 4 is 22.9 Å². The van der Waals surface area contributed by atoms with E-state index in [0.29, 0.717) is 10.8 Å². The largest absolute Gasteiger partial charge is 0.321 e. The predicted octanol–water partition coefficient (Wildman–Crippen LogP) is 4.89. The van der Waals surface area contributed by atoms with Crippen LogP contribution in [0.4, 0.5) is 5.69 Å². The molecule has 0 bridgehead atoms. The Kier molecular flexibility index (Phi) is 4.71. The van der Waals surface area contributed by atoms with Crippen LogP contribution >= 0.6 is 11.3 Å². The number of aryl methyl sites for hydroxylation is 1. The summed E-state index contributed by atoms with van der Waals surface area (Å²) in [6, 6.07) is 13.6. The minimum absolute atomic E-state index is 0.125. The zero-order valence-corrected chi connectivity index (χ0v) is 14.7. The maximum atomic E-state index is 12.7. The smallest absolute Gasteiger partial charge is 0.267 e. The van der Waals surface area contributed by atoms with Crippen LogP contribution in [-0.2, 0) is 0 Å². The Morgan fingerprint density at radius 1 is 1.12 bits per heavy atom. The van der Waals surface area contributed by atoms with Gasteiger partial charge in [-0.1, -0.05) is 38.1 Å². The maximum Gasteiger partial charge on any atom is 0.267 e. The van der Waals surface area contributed by atoms with Gasteiger partial charge in [-0.2, -0.15) is 0 Å². The molecule has 24 heavy (non-hydrogen) atoms. The molecule has 5 heteroatoms. The van der Waals surface area contributed by atoms with E-state index in [1.54, 1.807) is 6.20 Å². The molecule has 0 aliphatic rings. The first kappa shape index (κ1) is 16.3. The Labute approximate surface area is 145 Å². The van der Waals surface area contributed by atoms with E-state index in [1.165, 1.54) is 11.3 Å². The van der Waals surface area contributed by atoms with Crippen molar-refractivity contribution in [2.45, 2.75) is 26.7 Å². The third-order valence-corrected chi connectivity index (χ3v) is 4.90. The molecular formula is C19H19N3OS. The van der Waals surface area contributed by atoms with Crippen LogP contribution < -0.4 is 5.32 Å². The molecule has 0 atom stereocenters. The molecule has 4 nitrogen and oxygen atoms in total. The lowest BCUT2D eigenvalue weighted by Gasteiger charge is -2.13. The number of carbonyl (C=O) groups is 1. The molecule has 0 unspecified atom stereocenters. The van der Waals surface area contributed by atoms with Gasteiger partial charge in [0.05, 0.1) is 11.4 Å². The van der Waals surface area contributed by atoms with Crippen LogP contribution in [-0.4, -0.2) is 15.9 Å². The van der Waals surface area contributed by atoms with Crippen molar-refractivity contribution in [3.05, 3.63) is 64.8 Å². The van der Waals surface area contributed by atoms with E-state index in [1.807, 2.05) is 49.4 Å². The molecule has 0 saturated heterocycles. The molecular weight excluding hydrogens is 318 g/mol. The van der Waals surface area contributed by atoms with E-state index in [-0.39, 0.29) is 5.91 Å². The molecule has 1 amide bonds. The molecule has 0 spiro atoms.